The van der Waals surface area contributed by atoms with Gasteiger partial charge < -0.3 is 4.42 Å². The van der Waals surface area contributed by atoms with Crippen molar-refractivity contribution in [1.82, 2.24) is 0 Å². The van der Waals surface area contributed by atoms with E-state index in [1.165, 1.54) is 0 Å². The highest BCUT2D eigenvalue weighted by molar-refractivity contribution is 6.22. The molecular formula is C50H30O. The molecule has 0 spiro atoms. The minimum absolute atomic E-state index is 0.459. The quantitative estimate of drug-likeness (QED) is 0.134. The number of hydrogen-bond donors (Lipinski definition) is 0. The zero-order chi connectivity index (χ0) is 59.6. The van der Waals surface area contributed by atoms with Crippen molar-refractivity contribution < 1.29 is 45.5 Å². The third-order valence-electron chi connectivity index (χ3n) is 8.51. The molecule has 1 aromatic heterocycles. The van der Waals surface area contributed by atoms with Crippen molar-refractivity contribution in [3.63, 3.8) is 0 Å². The second-order valence-corrected chi connectivity index (χ2v) is 11.3. The van der Waals surface area contributed by atoms with Gasteiger partial charge in [0.2, 0.25) is 0 Å². The largest absolute Gasteiger partial charge is 0.456 e. The monoisotopic (exact) mass is 676 g/mol. The third-order valence-corrected chi connectivity index (χ3v) is 8.51. The summed E-state index contributed by atoms with van der Waals surface area (Å²) < 4.78 is 278. The highest BCUT2D eigenvalue weighted by atomic mass is 16.3. The van der Waals surface area contributed by atoms with Crippen LogP contribution in [0.4, 0.5) is 0 Å². The molecule has 0 saturated carbocycles. The Morgan fingerprint density at radius 3 is 1.53 bits per heavy atom. The minimum atomic E-state index is -1.14. The van der Waals surface area contributed by atoms with E-state index in [4.69, 9.17) is 29.1 Å². The van der Waals surface area contributed by atoms with Gasteiger partial charge in [0, 0.05) is 10.8 Å². The lowest BCUT2D eigenvalue weighted by atomic mass is 9.85. The third kappa shape index (κ3) is 4.28. The number of fused-ring (bicyclic) bond motifs is 9. The average molecular weight is 677 g/mol. The minimum Gasteiger partial charge on any atom is -0.456 e. The lowest BCUT2D eigenvalue weighted by molar-refractivity contribution is 0.669. The van der Waals surface area contributed by atoms with Gasteiger partial charge in [-0.3, -0.25) is 0 Å². The molecule has 10 aromatic carbocycles. The van der Waals surface area contributed by atoms with E-state index in [1.807, 2.05) is 0 Å². The van der Waals surface area contributed by atoms with Crippen molar-refractivity contribution in [2.24, 2.45) is 0 Å². The van der Waals surface area contributed by atoms with Gasteiger partial charge in [-0.05, 0) is 111 Å². The molecule has 0 atom stereocenters. The molecule has 0 aliphatic rings. The summed E-state index contributed by atoms with van der Waals surface area (Å²) in [6.45, 7) is 0. The first-order valence-corrected chi connectivity index (χ1v) is 15.2. The summed E-state index contributed by atoms with van der Waals surface area (Å²) in [5.41, 5.74) is -6.06. The molecule has 1 nitrogen and oxygen atoms in total. The molecule has 0 amide bonds. The van der Waals surface area contributed by atoms with Crippen molar-refractivity contribution >= 4 is 75.8 Å². The van der Waals surface area contributed by atoms with Crippen LogP contribution in [0.15, 0.2) is 186 Å². The Balaban J connectivity index is 1.35. The van der Waals surface area contributed by atoms with Gasteiger partial charge in [0.15, 0.2) is 0 Å². The fraction of sp³-hybridized carbons (Fsp3) is 0. The van der Waals surface area contributed by atoms with E-state index in [2.05, 4.69) is 0 Å². The second kappa shape index (κ2) is 10.9. The van der Waals surface area contributed by atoms with Crippen LogP contribution in [0.3, 0.4) is 0 Å². The van der Waals surface area contributed by atoms with Gasteiger partial charge in [0.1, 0.15) is 11.2 Å². The van der Waals surface area contributed by atoms with Gasteiger partial charge >= 0.3 is 0 Å². The first-order valence-electron chi connectivity index (χ1n) is 30.2. The Bertz CT molecular complexity index is 4820. The average Bonchev–Trinajstić information content (AvgIpc) is 3.39. The fourth-order valence-corrected chi connectivity index (χ4v) is 6.30. The molecule has 0 radical (unpaired) electrons. The van der Waals surface area contributed by atoms with Crippen LogP contribution in [0.5, 0.6) is 0 Å². The molecule has 0 unspecified atom stereocenters. The van der Waals surface area contributed by atoms with E-state index in [0.29, 0.717) is 0 Å². The molecule has 51 heavy (non-hydrogen) atoms. The van der Waals surface area contributed by atoms with Crippen molar-refractivity contribution in [1.29, 1.82) is 0 Å². The molecule has 0 fully saturated rings. The van der Waals surface area contributed by atoms with E-state index in [1.54, 1.807) is 0 Å². The molecule has 11 aromatic rings. The van der Waals surface area contributed by atoms with Gasteiger partial charge in [0.25, 0.3) is 0 Å². The molecule has 0 bridgehead atoms. The van der Waals surface area contributed by atoms with Crippen molar-refractivity contribution in [3.8, 4) is 33.4 Å². The van der Waals surface area contributed by atoms with Crippen LogP contribution in [0.25, 0.3) is 109 Å². The lowest BCUT2D eigenvalue weighted by Crippen LogP contribution is -1.91. The highest BCUT2D eigenvalue weighted by Crippen LogP contribution is 2.45. The Morgan fingerprint density at radius 2 is 0.824 bits per heavy atom. The summed E-state index contributed by atoms with van der Waals surface area (Å²) in [6, 6.07) is -27.8. The Morgan fingerprint density at radius 1 is 0.294 bits per heavy atom. The van der Waals surface area contributed by atoms with Gasteiger partial charge in [-0.25, -0.2) is 0 Å². The van der Waals surface area contributed by atoms with Crippen LogP contribution in [0.1, 0.15) is 41.1 Å². The molecular weight excluding hydrogens is 617 g/mol. The smallest absolute Gasteiger partial charge is 0.136 e. The van der Waals surface area contributed by atoms with Gasteiger partial charge in [0.05, 0.1) is 41.1 Å². The van der Waals surface area contributed by atoms with Crippen LogP contribution in [-0.4, -0.2) is 0 Å². The summed E-state index contributed by atoms with van der Waals surface area (Å²) >= 11 is 0. The zero-order valence-electron chi connectivity index (χ0n) is 55.4. The fourth-order valence-electron chi connectivity index (χ4n) is 6.30. The molecule has 11 rings (SSSR count). The van der Waals surface area contributed by atoms with Gasteiger partial charge in [-0.2, -0.15) is 0 Å². The van der Waals surface area contributed by atoms with Crippen molar-refractivity contribution in [2.45, 2.75) is 0 Å². The van der Waals surface area contributed by atoms with Gasteiger partial charge in [-0.15, -0.1) is 0 Å². The number of hydrogen-bond acceptors (Lipinski definition) is 1. The van der Waals surface area contributed by atoms with Crippen LogP contribution in [-0.2, 0) is 0 Å². The normalized spacial score (nSPS) is 20.2. The van der Waals surface area contributed by atoms with Crippen LogP contribution < -0.4 is 0 Å². The number of rotatable bonds is 3. The summed E-state index contributed by atoms with van der Waals surface area (Å²) in [6.07, 6.45) is 0. The molecule has 0 aliphatic carbocycles. The molecule has 1 heterocycles. The van der Waals surface area contributed by atoms with Gasteiger partial charge in [-0.1, -0.05) is 157 Å². The molecule has 0 N–H and O–H groups in total. The van der Waals surface area contributed by atoms with E-state index >= 15 is 0 Å². The Hall–Kier alpha value is -6.70. The van der Waals surface area contributed by atoms with Crippen LogP contribution in [0.2, 0.25) is 0 Å². The van der Waals surface area contributed by atoms with Crippen LogP contribution in [0, 0.1) is 0 Å². The second-order valence-electron chi connectivity index (χ2n) is 11.3. The zero-order valence-corrected chi connectivity index (χ0v) is 25.4. The Kier molecular flexibility index (Phi) is 2.50. The first-order chi connectivity index (χ1) is 37.8. The van der Waals surface area contributed by atoms with E-state index in [-0.39, 0.29) is 0 Å². The standard InChI is InChI=1S/C50H30O/c1-2-12-35-30-48-46(28-34(35)11-1)45-29-36(25-27-47(45)51-48)50-43-16-7-5-14-41(43)49(42-15-6-8-17-44(42)50)33-22-20-32(21-23-33)38-18-9-19-39-37-13-4-3-10-31(37)24-26-40(38)39/h1-30H/i1D,2D,3D,4D,5D,6D,7D,8D,9D,10D,11D,12D,13D,14D,15D,16D,17D,18D,19D,20D,21D,22D,23D,24D,25D,26D,27D,28D,29D,30D. The number of furan rings is 1. The van der Waals surface area contributed by atoms with E-state index < -0.39 is 290 Å². The lowest BCUT2D eigenvalue weighted by Gasteiger charge is -2.18. The molecule has 1 heteroatoms. The highest BCUT2D eigenvalue weighted by Gasteiger charge is 2.18. The van der Waals surface area contributed by atoms with Crippen molar-refractivity contribution in [3.05, 3.63) is 181 Å². The molecule has 0 aliphatic heterocycles. The van der Waals surface area contributed by atoms with Crippen molar-refractivity contribution in [2.75, 3.05) is 0 Å². The first kappa shape index (κ1) is 11.7. The van der Waals surface area contributed by atoms with E-state index in [0.717, 1.165) is 0 Å². The Labute approximate surface area is 336 Å². The summed E-state index contributed by atoms with van der Waals surface area (Å²) in [5, 5.41) is -7.36. The topological polar surface area (TPSA) is 13.1 Å². The summed E-state index contributed by atoms with van der Waals surface area (Å²) in [7, 11) is 0. The summed E-state index contributed by atoms with van der Waals surface area (Å²) in [4.78, 5) is 0. The van der Waals surface area contributed by atoms with Crippen LogP contribution >= 0.6 is 0 Å². The predicted molar refractivity (Wildman–Crippen MR) is 218 cm³/mol. The maximum atomic E-state index is 9.86. The SMILES string of the molecule is [2H]c1c([2H])c(-c2c([2H])c([2H])c([2H])c3c2c([2H])c([2H])c2c([2H])c([2H])c([2H])c([2H])c23)c([2H])c([2H])c1-c1c2c([2H])c([2H])c([2H])c([2H])c2c(-c2c([2H])c([2H])c3oc4c([2H])c5c([2H])c([2H])c([2H])c([2H])c5c([2H])c4c3c2[2H])c2c([2H])c([2H])c([2H])c([2H])c12. The molecule has 236 valence electrons. The maximum Gasteiger partial charge on any atom is 0.136 e. The summed E-state index contributed by atoms with van der Waals surface area (Å²) in [5.74, 6) is 0. The maximum absolute atomic E-state index is 9.86. The predicted octanol–water partition coefficient (Wildman–Crippen LogP) is 14.4. The van der Waals surface area contributed by atoms with E-state index in [9.17, 15) is 16.4 Å². The molecule has 0 saturated heterocycles. The number of benzene rings is 10.